The second-order valence-electron chi connectivity index (χ2n) is 3.73. The monoisotopic (exact) mass is 412 g/mol. The Balaban J connectivity index is -0.0000000376. The molecule has 0 radical (unpaired) electrons. The first-order valence-corrected chi connectivity index (χ1v) is 11.7. The third-order valence-electron chi connectivity index (χ3n) is 1.41. The molecule has 0 aromatic carbocycles. The van der Waals surface area contributed by atoms with Gasteiger partial charge in [-0.1, -0.05) is 66.2 Å². The molecule has 0 saturated carbocycles. The number of rotatable bonds is 4. The van der Waals surface area contributed by atoms with Crippen molar-refractivity contribution >= 4 is 37.1 Å². The Kier molecular flexibility index (Phi) is 41.5. The van der Waals surface area contributed by atoms with E-state index in [2.05, 4.69) is 51.3 Å². The van der Waals surface area contributed by atoms with Gasteiger partial charge in [0.15, 0.2) is 0 Å². The maximum atomic E-state index is 7.56. The average molecular weight is 413 g/mol. The molecule has 0 atom stereocenters. The molecule has 0 unspecified atom stereocenters. The van der Waals surface area contributed by atoms with E-state index < -0.39 is 13.4 Å². The minimum absolute atomic E-state index is 0. The predicted octanol–water partition coefficient (Wildman–Crippen LogP) is -0.115. The van der Waals surface area contributed by atoms with Crippen LogP contribution in [-0.2, 0) is 23.6 Å². The fourth-order valence-electron chi connectivity index (χ4n) is 0.707. The van der Waals surface area contributed by atoms with Gasteiger partial charge in [-0.05, 0) is 23.6 Å². The van der Waals surface area contributed by atoms with Gasteiger partial charge in [-0.2, -0.15) is 0 Å². The summed E-state index contributed by atoms with van der Waals surface area (Å²) in [5.41, 5.74) is 0. The minimum Gasteiger partial charge on any atom is -1.00 e. The molecule has 130 valence electrons. The third-order valence-corrected chi connectivity index (χ3v) is 1.41. The topological polar surface area (TPSA) is 121 Å². The maximum Gasteiger partial charge on any atom is 1.00 e. The van der Waals surface area contributed by atoms with Gasteiger partial charge in [-0.3, -0.25) is 0 Å². The largest absolute Gasteiger partial charge is 1.00 e. The summed E-state index contributed by atoms with van der Waals surface area (Å²) >= 11 is 7.21. The van der Waals surface area contributed by atoms with Crippen LogP contribution in [0.15, 0.2) is 0 Å². The van der Waals surface area contributed by atoms with E-state index in [0.29, 0.717) is 0 Å². The van der Waals surface area contributed by atoms with E-state index in [0.717, 1.165) is 0 Å². The van der Waals surface area contributed by atoms with Crippen LogP contribution in [0.5, 0.6) is 0 Å². The van der Waals surface area contributed by atoms with Gasteiger partial charge in [0.25, 0.3) is 0 Å². The second kappa shape index (κ2) is 24.9. The molecule has 0 heterocycles. The van der Waals surface area contributed by atoms with Gasteiger partial charge < -0.3 is 30.8 Å². The van der Waals surface area contributed by atoms with Crippen LogP contribution in [0.4, 0.5) is 0 Å². The third kappa shape index (κ3) is 217. The van der Waals surface area contributed by atoms with Gasteiger partial charge in [0, 0.05) is 0 Å². The van der Waals surface area contributed by atoms with Crippen LogP contribution in [0.1, 0.15) is 67.6 Å². The zero-order valence-corrected chi connectivity index (χ0v) is 20.2. The Labute approximate surface area is 183 Å². The van der Waals surface area contributed by atoms with Crippen molar-refractivity contribution in [3.63, 3.8) is 0 Å². The molecule has 0 rings (SSSR count). The first-order valence-electron chi connectivity index (χ1n) is 6.39. The fourth-order valence-corrected chi connectivity index (χ4v) is 0.707. The van der Waals surface area contributed by atoms with Crippen molar-refractivity contribution in [3.05, 3.63) is 0 Å². The standard InChI is InChI=1S/2C5H12.K.2H3O3PS.H/c2*1-3-5-4-2;;2*1-4(2,3)5;/h2*3-5H2,1-2H3;;2*(H3,1,2,3,5);/q;;+1;;;-1. The van der Waals surface area contributed by atoms with Crippen molar-refractivity contribution in [2.24, 2.45) is 0 Å². The minimum atomic E-state index is -3.81. The molecule has 11 heteroatoms. The summed E-state index contributed by atoms with van der Waals surface area (Å²) in [6, 6.07) is 0. The molecule has 0 amide bonds. The molecular formula is C10H31KO6P2S2. The molecule has 0 saturated heterocycles. The fraction of sp³-hybridized carbons (Fsp3) is 1.00. The van der Waals surface area contributed by atoms with Crippen LogP contribution in [0.25, 0.3) is 0 Å². The van der Waals surface area contributed by atoms with Crippen LogP contribution < -0.4 is 51.4 Å². The van der Waals surface area contributed by atoms with E-state index >= 15 is 0 Å². The predicted molar refractivity (Wildman–Crippen MR) is 93.4 cm³/mol. The maximum absolute atomic E-state index is 7.56. The normalized spacial score (nSPS) is 9.62. The van der Waals surface area contributed by atoms with Crippen LogP contribution in [0, 0.1) is 0 Å². The van der Waals surface area contributed by atoms with Crippen molar-refractivity contribution in [2.45, 2.75) is 66.2 Å². The molecule has 0 spiro atoms. The molecule has 21 heavy (non-hydrogen) atoms. The molecule has 0 aliphatic heterocycles. The second-order valence-corrected chi connectivity index (χ2v) is 8.73. The smallest absolute Gasteiger partial charge is 1.00 e. The van der Waals surface area contributed by atoms with Gasteiger partial charge in [-0.25, -0.2) is 0 Å². The Morgan fingerprint density at radius 3 is 0.714 bits per heavy atom. The molecule has 0 aromatic heterocycles. The van der Waals surface area contributed by atoms with Gasteiger partial charge in [0.2, 0.25) is 0 Å². The molecule has 6 nitrogen and oxygen atoms in total. The van der Waals surface area contributed by atoms with E-state index in [-0.39, 0.29) is 52.8 Å². The first kappa shape index (κ1) is 34.9. The number of unbranched alkanes of at least 4 members (excludes halogenated alkanes) is 4. The van der Waals surface area contributed by atoms with Crippen LogP contribution in [-0.4, -0.2) is 29.4 Å². The molecule has 0 aliphatic carbocycles. The Hall–Kier alpha value is 2.70. The molecule has 6 N–H and O–H groups in total. The summed E-state index contributed by atoms with van der Waals surface area (Å²) < 4.78 is 0. The summed E-state index contributed by atoms with van der Waals surface area (Å²) in [4.78, 5) is 45.3. The average Bonchev–Trinajstić information content (AvgIpc) is 2.15. The molecule has 0 fully saturated rings. The van der Waals surface area contributed by atoms with E-state index in [4.69, 9.17) is 29.4 Å². The first-order chi connectivity index (χ1) is 8.83. The zero-order valence-electron chi connectivity index (χ0n) is 14.6. The van der Waals surface area contributed by atoms with E-state index in [1.165, 1.54) is 38.5 Å². The number of hydrogen-bond donors (Lipinski definition) is 6. The van der Waals surface area contributed by atoms with Crippen molar-refractivity contribution in [1.29, 1.82) is 0 Å². The summed E-state index contributed by atoms with van der Waals surface area (Å²) in [6.07, 6.45) is 8.15. The van der Waals surface area contributed by atoms with Gasteiger partial charge in [0.05, 0.1) is 0 Å². The summed E-state index contributed by atoms with van der Waals surface area (Å²) in [7, 11) is 0. The van der Waals surface area contributed by atoms with Gasteiger partial charge in [0.1, 0.15) is 0 Å². The number of hydrogen-bond acceptors (Lipinski definition) is 2. The molecular weight excluding hydrogens is 381 g/mol. The molecule has 0 aromatic rings. The zero-order chi connectivity index (χ0) is 17.2. The Morgan fingerprint density at radius 2 is 0.714 bits per heavy atom. The van der Waals surface area contributed by atoms with E-state index in [1.807, 2.05) is 0 Å². The van der Waals surface area contributed by atoms with Crippen LogP contribution >= 0.6 is 13.4 Å². The quantitative estimate of drug-likeness (QED) is 0.279. The van der Waals surface area contributed by atoms with Crippen molar-refractivity contribution in [2.75, 3.05) is 0 Å². The SMILES string of the molecule is CCCCC.CCCCC.OP(O)(O)=S.OP(O)(O)=S.[H-].[K+]. The molecule has 0 bridgehead atoms. The summed E-state index contributed by atoms with van der Waals surface area (Å²) in [5.74, 6) is 0. The van der Waals surface area contributed by atoms with Crippen molar-refractivity contribution in [1.82, 2.24) is 0 Å². The van der Waals surface area contributed by atoms with E-state index in [9.17, 15) is 0 Å². The molecule has 0 aliphatic rings. The summed E-state index contributed by atoms with van der Waals surface area (Å²) in [5, 5.41) is 0. The van der Waals surface area contributed by atoms with Crippen molar-refractivity contribution < 1.29 is 82.2 Å². The van der Waals surface area contributed by atoms with Crippen molar-refractivity contribution in [3.8, 4) is 0 Å². The van der Waals surface area contributed by atoms with Crippen LogP contribution in [0.2, 0.25) is 0 Å². The van der Waals surface area contributed by atoms with E-state index in [1.54, 1.807) is 0 Å². The Bertz CT molecular complexity index is 219. The Morgan fingerprint density at radius 1 is 0.619 bits per heavy atom. The summed E-state index contributed by atoms with van der Waals surface area (Å²) in [6.45, 7) is 1.24. The van der Waals surface area contributed by atoms with Crippen LogP contribution in [0.3, 0.4) is 0 Å². The van der Waals surface area contributed by atoms with Gasteiger partial charge in [-0.15, -0.1) is 0 Å². The van der Waals surface area contributed by atoms with Gasteiger partial charge >= 0.3 is 64.8 Å².